The summed E-state index contributed by atoms with van der Waals surface area (Å²) in [5.74, 6) is 0.796. The molecule has 1 aliphatic carbocycles. The first-order valence-corrected chi connectivity index (χ1v) is 9.33. The molecule has 0 radical (unpaired) electrons. The molecule has 1 N–H and O–H groups in total. The number of nitrogens with one attached hydrogen (secondary N) is 1. The second-order valence-electron chi connectivity index (χ2n) is 6.80. The van der Waals surface area contributed by atoms with E-state index >= 15 is 0 Å². The minimum atomic E-state index is 0.288. The van der Waals surface area contributed by atoms with Gasteiger partial charge in [0.05, 0.1) is 5.39 Å². The van der Waals surface area contributed by atoms with E-state index in [-0.39, 0.29) is 6.10 Å². The van der Waals surface area contributed by atoms with E-state index in [2.05, 4.69) is 34.3 Å². The number of hydrogen-bond donors (Lipinski definition) is 1. The fraction of sp³-hybridized carbons (Fsp3) is 0.647. The van der Waals surface area contributed by atoms with Crippen molar-refractivity contribution in [3.05, 3.63) is 16.8 Å². The molecule has 124 valence electrons. The van der Waals surface area contributed by atoms with Gasteiger partial charge in [-0.25, -0.2) is 9.97 Å². The molecule has 0 atom stereocenters. The van der Waals surface area contributed by atoms with Crippen molar-refractivity contribution in [2.45, 2.75) is 50.8 Å². The fourth-order valence-corrected chi connectivity index (χ4v) is 4.89. The molecule has 0 aromatic carbocycles. The minimum absolute atomic E-state index is 0.288. The highest BCUT2D eigenvalue weighted by Gasteiger charge is 2.26. The molecular weight excluding hydrogens is 308 g/mol. The zero-order chi connectivity index (χ0) is 15.8. The van der Waals surface area contributed by atoms with Gasteiger partial charge in [-0.05, 0) is 51.8 Å². The highest BCUT2D eigenvalue weighted by atomic mass is 32.1. The third kappa shape index (κ3) is 2.95. The van der Waals surface area contributed by atoms with E-state index in [1.54, 1.807) is 17.7 Å². The van der Waals surface area contributed by atoms with Crippen LogP contribution in [0, 0.1) is 0 Å². The molecule has 2 aromatic heterocycles. The molecule has 0 unspecified atom stereocenters. The van der Waals surface area contributed by atoms with Crippen LogP contribution < -0.4 is 10.1 Å². The van der Waals surface area contributed by atoms with Gasteiger partial charge in [-0.15, -0.1) is 11.3 Å². The summed E-state index contributed by atoms with van der Waals surface area (Å²) in [5, 5.41) is 4.61. The second-order valence-corrected chi connectivity index (χ2v) is 7.89. The Morgan fingerprint density at radius 1 is 1.22 bits per heavy atom. The first-order valence-electron chi connectivity index (χ1n) is 8.51. The predicted molar refractivity (Wildman–Crippen MR) is 93.2 cm³/mol. The van der Waals surface area contributed by atoms with E-state index < -0.39 is 0 Å². The Labute approximate surface area is 141 Å². The van der Waals surface area contributed by atoms with E-state index in [1.165, 1.54) is 23.3 Å². The molecule has 5 nitrogen and oxygen atoms in total. The molecule has 6 heteroatoms. The number of rotatable bonds is 3. The van der Waals surface area contributed by atoms with Crippen molar-refractivity contribution in [1.82, 2.24) is 20.2 Å². The first kappa shape index (κ1) is 15.3. The Bertz CT molecular complexity index is 691. The highest BCUT2D eigenvalue weighted by Crippen LogP contribution is 2.37. The van der Waals surface area contributed by atoms with Crippen molar-refractivity contribution in [2.24, 2.45) is 0 Å². The lowest BCUT2D eigenvalue weighted by atomic mass is 9.92. The summed E-state index contributed by atoms with van der Waals surface area (Å²) in [6.07, 6.45) is 7.65. The largest absolute Gasteiger partial charge is 0.474 e. The van der Waals surface area contributed by atoms with E-state index in [0.717, 1.165) is 48.4 Å². The number of fused-ring (bicyclic) bond motifs is 3. The fourth-order valence-electron chi connectivity index (χ4n) is 3.74. The van der Waals surface area contributed by atoms with Gasteiger partial charge in [0.15, 0.2) is 0 Å². The Kier molecular flexibility index (Phi) is 4.22. The van der Waals surface area contributed by atoms with Crippen molar-refractivity contribution in [3.8, 4) is 5.88 Å². The molecule has 2 aromatic rings. The summed E-state index contributed by atoms with van der Waals surface area (Å²) in [7, 11) is 4.34. The summed E-state index contributed by atoms with van der Waals surface area (Å²) in [6, 6.07) is 0.693. The van der Waals surface area contributed by atoms with Crippen molar-refractivity contribution in [1.29, 1.82) is 0 Å². The van der Waals surface area contributed by atoms with E-state index in [4.69, 9.17) is 4.74 Å². The lowest BCUT2D eigenvalue weighted by Gasteiger charge is -2.32. The smallest absolute Gasteiger partial charge is 0.225 e. The van der Waals surface area contributed by atoms with Gasteiger partial charge < -0.3 is 15.0 Å². The molecule has 23 heavy (non-hydrogen) atoms. The van der Waals surface area contributed by atoms with Crippen molar-refractivity contribution < 1.29 is 4.74 Å². The van der Waals surface area contributed by atoms with E-state index in [9.17, 15) is 0 Å². The lowest BCUT2D eigenvalue weighted by molar-refractivity contribution is 0.108. The van der Waals surface area contributed by atoms with Crippen LogP contribution in [0.2, 0.25) is 0 Å². The Morgan fingerprint density at radius 2 is 2.04 bits per heavy atom. The van der Waals surface area contributed by atoms with Crippen molar-refractivity contribution in [3.63, 3.8) is 0 Å². The Morgan fingerprint density at radius 3 is 2.83 bits per heavy atom. The van der Waals surface area contributed by atoms with Crippen molar-refractivity contribution >= 4 is 21.6 Å². The molecule has 0 saturated heterocycles. The van der Waals surface area contributed by atoms with Gasteiger partial charge in [-0.1, -0.05) is 0 Å². The summed E-state index contributed by atoms with van der Waals surface area (Å²) in [5.41, 5.74) is 1.36. The van der Waals surface area contributed by atoms with E-state index in [1.807, 2.05) is 0 Å². The number of nitrogens with zero attached hydrogens (tertiary/aromatic N) is 3. The van der Waals surface area contributed by atoms with Crippen LogP contribution in [-0.4, -0.2) is 47.7 Å². The summed E-state index contributed by atoms with van der Waals surface area (Å²) >= 11 is 1.80. The Hall–Kier alpha value is -1.24. The minimum Gasteiger partial charge on any atom is -0.474 e. The maximum Gasteiger partial charge on any atom is 0.225 e. The quantitative estimate of drug-likeness (QED) is 0.936. The highest BCUT2D eigenvalue weighted by molar-refractivity contribution is 7.18. The molecule has 4 rings (SSSR count). The summed E-state index contributed by atoms with van der Waals surface area (Å²) in [6.45, 7) is 1.96. The number of aromatic nitrogens is 2. The molecule has 0 amide bonds. The maximum atomic E-state index is 6.33. The molecular formula is C17H24N4OS. The van der Waals surface area contributed by atoms with Crippen LogP contribution in [0.1, 0.15) is 36.1 Å². The third-order valence-corrected chi connectivity index (χ3v) is 6.32. The Balaban J connectivity index is 1.56. The number of thiophene rings is 1. The van der Waals surface area contributed by atoms with Crippen LogP contribution in [0.5, 0.6) is 5.88 Å². The maximum absolute atomic E-state index is 6.33. The van der Waals surface area contributed by atoms with Crippen LogP contribution >= 0.6 is 11.3 Å². The van der Waals surface area contributed by atoms with Crippen LogP contribution in [0.25, 0.3) is 10.2 Å². The van der Waals surface area contributed by atoms with Gasteiger partial charge in [0.2, 0.25) is 5.88 Å². The topological polar surface area (TPSA) is 50.3 Å². The molecule has 1 aliphatic heterocycles. The van der Waals surface area contributed by atoms with Gasteiger partial charge in [0.25, 0.3) is 0 Å². The van der Waals surface area contributed by atoms with Gasteiger partial charge in [-0.3, -0.25) is 0 Å². The standard InChI is InChI=1S/C17H24N4OS/c1-21(2)11-3-5-12(6-4-11)22-16-15-13-9-18-8-7-14(13)23-17(15)20-10-19-16/h10-12,18H,3-9H2,1-2H3/t11-,12-. The van der Waals surface area contributed by atoms with Crippen molar-refractivity contribution in [2.75, 3.05) is 20.6 Å². The lowest BCUT2D eigenvalue weighted by Crippen LogP contribution is -2.35. The third-order valence-electron chi connectivity index (χ3n) is 5.12. The van der Waals surface area contributed by atoms with Crippen LogP contribution in [0.15, 0.2) is 6.33 Å². The predicted octanol–water partition coefficient (Wildman–Crippen LogP) is 2.59. The summed E-state index contributed by atoms with van der Waals surface area (Å²) in [4.78, 5) is 13.8. The zero-order valence-corrected chi connectivity index (χ0v) is 14.7. The molecule has 3 heterocycles. The van der Waals surface area contributed by atoms with Gasteiger partial charge in [-0.2, -0.15) is 0 Å². The molecule has 1 fully saturated rings. The average molecular weight is 332 g/mol. The van der Waals surface area contributed by atoms with Crippen LogP contribution in [0.3, 0.4) is 0 Å². The first-order chi connectivity index (χ1) is 11.2. The van der Waals surface area contributed by atoms with Crippen LogP contribution in [-0.2, 0) is 13.0 Å². The number of ether oxygens (including phenoxy) is 1. The molecule has 0 spiro atoms. The zero-order valence-electron chi connectivity index (χ0n) is 13.8. The van der Waals surface area contributed by atoms with Gasteiger partial charge in [0.1, 0.15) is 17.3 Å². The second kappa shape index (κ2) is 6.34. The number of hydrogen-bond acceptors (Lipinski definition) is 6. The molecule has 0 bridgehead atoms. The van der Waals surface area contributed by atoms with Gasteiger partial charge in [0, 0.05) is 24.0 Å². The summed E-state index contributed by atoms with van der Waals surface area (Å²) < 4.78 is 6.33. The monoisotopic (exact) mass is 332 g/mol. The van der Waals surface area contributed by atoms with E-state index in [0.29, 0.717) is 6.04 Å². The average Bonchev–Trinajstić information content (AvgIpc) is 2.95. The van der Waals surface area contributed by atoms with Crippen LogP contribution in [0.4, 0.5) is 0 Å². The molecule has 2 aliphatic rings. The molecule has 1 saturated carbocycles. The van der Waals surface area contributed by atoms with Gasteiger partial charge >= 0.3 is 0 Å². The normalized spacial score (nSPS) is 24.8. The SMILES string of the molecule is CN(C)[C@H]1CC[C@H](Oc2ncnc3sc4c(c23)CNCC4)CC1.